The number of nitriles is 1. The highest BCUT2D eigenvalue weighted by molar-refractivity contribution is 6.35. The van der Waals surface area contributed by atoms with Crippen molar-refractivity contribution in [3.63, 3.8) is 0 Å². The Morgan fingerprint density at radius 3 is 2.58 bits per heavy atom. The average Bonchev–Trinajstić information content (AvgIpc) is 3.19. The van der Waals surface area contributed by atoms with Gasteiger partial charge in [0.15, 0.2) is 11.5 Å². The molecule has 0 atom stereocenters. The number of morpholine rings is 1. The molecule has 194 valence electrons. The molecule has 0 aliphatic carbocycles. The molecule has 0 bridgehead atoms. The summed E-state index contributed by atoms with van der Waals surface area (Å²) in [7, 11) is 1.51. The lowest BCUT2D eigenvalue weighted by Crippen LogP contribution is -2.42. The molecule has 2 aliphatic heterocycles. The van der Waals surface area contributed by atoms with Crippen LogP contribution in [0, 0.1) is 17.1 Å². The summed E-state index contributed by atoms with van der Waals surface area (Å²) in [6, 6.07) is 16.4. The van der Waals surface area contributed by atoms with Crippen molar-refractivity contribution in [3.05, 3.63) is 82.1 Å². The number of carbonyl (C=O) groups excluding carboxylic acids is 1. The summed E-state index contributed by atoms with van der Waals surface area (Å²) >= 11 is 6.26. The third-order valence-corrected chi connectivity index (χ3v) is 6.83. The maximum atomic E-state index is 14.2. The zero-order valence-corrected chi connectivity index (χ0v) is 21.5. The molecule has 2 aliphatic rings. The molecule has 0 N–H and O–H groups in total. The van der Waals surface area contributed by atoms with Gasteiger partial charge in [0, 0.05) is 37.3 Å². The molecule has 9 heteroatoms. The van der Waals surface area contributed by atoms with Gasteiger partial charge in [-0.25, -0.2) is 4.39 Å². The standard InChI is InChI=1S/C29H25ClFN3O4/c1-36-28-16-19(2-7-27(28)38-26-6-3-20(18-32)15-24(26)30)14-23-22-17-21(31)4-5-25(22)34(29(23)35)9-8-33-10-12-37-13-11-33/h2-7,14-17H,8-13H2,1H3. The van der Waals surface area contributed by atoms with Crippen LogP contribution in [0.25, 0.3) is 11.6 Å². The normalized spacial score (nSPS) is 16.4. The van der Waals surface area contributed by atoms with Crippen molar-refractivity contribution in [1.29, 1.82) is 5.26 Å². The van der Waals surface area contributed by atoms with Crippen LogP contribution >= 0.6 is 11.6 Å². The van der Waals surface area contributed by atoms with Crippen molar-refractivity contribution < 1.29 is 23.4 Å². The van der Waals surface area contributed by atoms with Crippen molar-refractivity contribution in [2.75, 3.05) is 51.4 Å². The largest absolute Gasteiger partial charge is 0.493 e. The first kappa shape index (κ1) is 25.7. The van der Waals surface area contributed by atoms with E-state index in [4.69, 9.17) is 31.1 Å². The summed E-state index contributed by atoms with van der Waals surface area (Å²) < 4.78 is 31.1. The van der Waals surface area contributed by atoms with Gasteiger partial charge < -0.3 is 19.1 Å². The van der Waals surface area contributed by atoms with Gasteiger partial charge in [-0.3, -0.25) is 9.69 Å². The van der Waals surface area contributed by atoms with Crippen LogP contribution in [0.1, 0.15) is 16.7 Å². The fraction of sp³-hybridized carbons (Fsp3) is 0.241. The van der Waals surface area contributed by atoms with E-state index in [0.717, 1.165) is 13.1 Å². The number of methoxy groups -OCH3 is 1. The Bertz CT molecular complexity index is 1450. The molecule has 38 heavy (non-hydrogen) atoms. The quantitative estimate of drug-likeness (QED) is 0.380. The molecule has 0 unspecified atom stereocenters. The van der Waals surface area contributed by atoms with Crippen molar-refractivity contribution in [2.24, 2.45) is 0 Å². The summed E-state index contributed by atoms with van der Waals surface area (Å²) in [5.74, 6) is 0.633. The Hall–Kier alpha value is -3.90. The molecule has 3 aromatic rings. The van der Waals surface area contributed by atoms with Gasteiger partial charge in [-0.1, -0.05) is 17.7 Å². The van der Waals surface area contributed by atoms with E-state index in [0.29, 0.717) is 76.5 Å². The van der Waals surface area contributed by atoms with E-state index in [2.05, 4.69) is 4.90 Å². The second kappa shape index (κ2) is 11.2. The number of ether oxygens (including phenoxy) is 3. The number of hydrogen-bond acceptors (Lipinski definition) is 6. The Morgan fingerprint density at radius 1 is 1.05 bits per heavy atom. The van der Waals surface area contributed by atoms with Crippen LogP contribution in [0.2, 0.25) is 5.02 Å². The van der Waals surface area contributed by atoms with Crippen molar-refractivity contribution in [1.82, 2.24) is 4.90 Å². The van der Waals surface area contributed by atoms with Crippen LogP contribution in [0.4, 0.5) is 10.1 Å². The molecule has 0 saturated carbocycles. The first-order chi connectivity index (χ1) is 18.5. The molecule has 0 radical (unpaired) electrons. The van der Waals surface area contributed by atoms with Gasteiger partial charge >= 0.3 is 0 Å². The van der Waals surface area contributed by atoms with Crippen molar-refractivity contribution >= 4 is 34.8 Å². The van der Waals surface area contributed by atoms with E-state index in [1.807, 2.05) is 6.07 Å². The molecule has 0 spiro atoms. The number of rotatable bonds is 7. The van der Waals surface area contributed by atoms with E-state index in [1.165, 1.54) is 25.3 Å². The van der Waals surface area contributed by atoms with Gasteiger partial charge in [0.1, 0.15) is 11.6 Å². The monoisotopic (exact) mass is 533 g/mol. The summed E-state index contributed by atoms with van der Waals surface area (Å²) in [6.45, 7) is 4.21. The number of fused-ring (bicyclic) bond motifs is 1. The van der Waals surface area contributed by atoms with E-state index >= 15 is 0 Å². The summed E-state index contributed by atoms with van der Waals surface area (Å²) in [6.07, 6.45) is 1.73. The minimum atomic E-state index is -0.405. The molecular formula is C29H25ClFN3O4. The van der Waals surface area contributed by atoms with E-state index in [9.17, 15) is 9.18 Å². The molecule has 3 aromatic carbocycles. The fourth-order valence-electron chi connectivity index (χ4n) is 4.55. The molecule has 1 saturated heterocycles. The molecule has 0 aromatic heterocycles. The van der Waals surface area contributed by atoms with E-state index in [1.54, 1.807) is 47.4 Å². The minimum Gasteiger partial charge on any atom is -0.493 e. The highest BCUT2D eigenvalue weighted by Crippen LogP contribution is 2.40. The Balaban J connectivity index is 1.42. The second-order valence-electron chi connectivity index (χ2n) is 8.90. The SMILES string of the molecule is COc1cc(C=C2C(=O)N(CCN3CCOCC3)c3ccc(F)cc32)ccc1Oc1ccc(C#N)cc1Cl. The number of benzene rings is 3. The molecule has 7 nitrogen and oxygen atoms in total. The zero-order chi connectivity index (χ0) is 26.6. The van der Waals surface area contributed by atoms with E-state index < -0.39 is 5.82 Å². The maximum absolute atomic E-state index is 14.2. The topological polar surface area (TPSA) is 75.0 Å². The summed E-state index contributed by atoms with van der Waals surface area (Å²) in [5.41, 5.74) is 2.77. The van der Waals surface area contributed by atoms with Crippen LogP contribution in [0.5, 0.6) is 17.2 Å². The first-order valence-electron chi connectivity index (χ1n) is 12.2. The second-order valence-corrected chi connectivity index (χ2v) is 9.31. The van der Waals surface area contributed by atoms with Crippen LogP contribution in [-0.2, 0) is 9.53 Å². The number of nitrogens with zero attached hydrogens (tertiary/aromatic N) is 3. The zero-order valence-electron chi connectivity index (χ0n) is 20.7. The fourth-order valence-corrected chi connectivity index (χ4v) is 4.77. The molecule has 1 fully saturated rings. The van der Waals surface area contributed by atoms with Crippen molar-refractivity contribution in [2.45, 2.75) is 0 Å². The third kappa shape index (κ3) is 5.36. The lowest BCUT2D eigenvalue weighted by Gasteiger charge is -2.28. The van der Waals surface area contributed by atoms with Crippen molar-refractivity contribution in [3.8, 4) is 23.3 Å². The number of amides is 1. The predicted molar refractivity (Wildman–Crippen MR) is 143 cm³/mol. The van der Waals surface area contributed by atoms with Gasteiger partial charge in [0.2, 0.25) is 0 Å². The van der Waals surface area contributed by atoms with Crippen LogP contribution in [0.15, 0.2) is 54.6 Å². The number of carbonyl (C=O) groups is 1. The average molecular weight is 534 g/mol. The van der Waals surface area contributed by atoms with Gasteiger partial charge in [-0.15, -0.1) is 0 Å². The minimum absolute atomic E-state index is 0.178. The molecule has 5 rings (SSSR count). The van der Waals surface area contributed by atoms with Crippen LogP contribution in [-0.4, -0.2) is 57.3 Å². The lowest BCUT2D eigenvalue weighted by atomic mass is 10.0. The summed E-state index contributed by atoms with van der Waals surface area (Å²) in [5, 5.41) is 9.34. The van der Waals surface area contributed by atoms with Gasteiger partial charge in [-0.2, -0.15) is 5.26 Å². The lowest BCUT2D eigenvalue weighted by molar-refractivity contribution is -0.113. The molecular weight excluding hydrogens is 509 g/mol. The van der Waals surface area contributed by atoms with E-state index in [-0.39, 0.29) is 5.91 Å². The third-order valence-electron chi connectivity index (χ3n) is 6.54. The predicted octanol–water partition coefficient (Wildman–Crippen LogP) is 5.37. The number of hydrogen-bond donors (Lipinski definition) is 0. The van der Waals surface area contributed by atoms with Crippen LogP contribution < -0.4 is 14.4 Å². The smallest absolute Gasteiger partial charge is 0.259 e. The Kier molecular flexibility index (Phi) is 7.61. The first-order valence-corrected chi connectivity index (χ1v) is 12.5. The van der Waals surface area contributed by atoms with Crippen LogP contribution in [0.3, 0.4) is 0 Å². The summed E-state index contributed by atoms with van der Waals surface area (Å²) in [4.78, 5) is 17.5. The molecule has 2 heterocycles. The Labute approximate surface area is 225 Å². The highest BCUT2D eigenvalue weighted by atomic mass is 35.5. The highest BCUT2D eigenvalue weighted by Gasteiger charge is 2.33. The number of halogens is 2. The molecule has 1 amide bonds. The number of anilines is 1. The Morgan fingerprint density at radius 2 is 1.84 bits per heavy atom. The van der Waals surface area contributed by atoms with Gasteiger partial charge in [0.25, 0.3) is 5.91 Å². The van der Waals surface area contributed by atoms with Gasteiger partial charge in [0.05, 0.1) is 42.7 Å². The van der Waals surface area contributed by atoms with Gasteiger partial charge in [-0.05, 0) is 60.2 Å². The maximum Gasteiger partial charge on any atom is 0.259 e.